The fourth-order valence-corrected chi connectivity index (χ4v) is 2.18. The van der Waals surface area contributed by atoms with Gasteiger partial charge >= 0.3 is 0 Å². The number of aliphatic hydroxyl groups excluding tert-OH is 1. The van der Waals surface area contributed by atoms with E-state index in [9.17, 15) is 14.3 Å². The zero-order valence-corrected chi connectivity index (χ0v) is 10.7. The second-order valence-electron chi connectivity index (χ2n) is 4.86. The van der Waals surface area contributed by atoms with Crippen LogP contribution in [0.4, 0.5) is 4.39 Å². The van der Waals surface area contributed by atoms with E-state index in [0.29, 0.717) is 13.0 Å². The molecule has 2 rings (SSSR count). The van der Waals surface area contributed by atoms with Crippen molar-refractivity contribution in [2.24, 2.45) is 0 Å². The van der Waals surface area contributed by atoms with Crippen LogP contribution in [0.3, 0.4) is 0 Å². The van der Waals surface area contributed by atoms with E-state index in [1.54, 1.807) is 0 Å². The van der Waals surface area contributed by atoms with Crippen molar-refractivity contribution in [1.82, 2.24) is 10.6 Å². The maximum atomic E-state index is 14.0. The predicted octanol–water partition coefficient (Wildman–Crippen LogP) is 0.928. The quantitative estimate of drug-likeness (QED) is 0.743. The topological polar surface area (TPSA) is 61.4 Å². The number of aliphatic hydroxyl groups is 1. The molecule has 1 amide bonds. The molecule has 3 N–H and O–H groups in total. The molecule has 4 nitrogen and oxygen atoms in total. The highest BCUT2D eigenvalue weighted by molar-refractivity contribution is 5.85. The lowest BCUT2D eigenvalue weighted by molar-refractivity contribution is -0.131. The summed E-state index contributed by atoms with van der Waals surface area (Å²) in [5.74, 6) is -0.585. The molecule has 19 heavy (non-hydrogen) atoms. The van der Waals surface area contributed by atoms with E-state index < -0.39 is 17.7 Å². The van der Waals surface area contributed by atoms with Crippen LogP contribution < -0.4 is 10.6 Å². The van der Waals surface area contributed by atoms with Gasteiger partial charge in [0.05, 0.1) is 6.10 Å². The molecule has 5 heteroatoms. The number of nitrogens with one attached hydrogen (secondary N) is 2. The smallest absolute Gasteiger partial charge is 0.259 e. The average molecular weight is 266 g/mol. The number of hydrogen-bond acceptors (Lipinski definition) is 3. The van der Waals surface area contributed by atoms with Crippen molar-refractivity contribution in [1.29, 1.82) is 0 Å². The Morgan fingerprint density at radius 3 is 2.84 bits per heavy atom. The summed E-state index contributed by atoms with van der Waals surface area (Å²) >= 11 is 0. The Morgan fingerprint density at radius 1 is 1.47 bits per heavy atom. The van der Waals surface area contributed by atoms with Gasteiger partial charge in [0.2, 0.25) is 5.67 Å². The second-order valence-corrected chi connectivity index (χ2v) is 4.86. The number of alkyl halides is 1. The lowest BCUT2D eigenvalue weighted by Crippen LogP contribution is -2.45. The normalized spacial score (nSPS) is 24.1. The molecule has 1 aromatic rings. The Hall–Kier alpha value is -1.46. The van der Waals surface area contributed by atoms with E-state index in [-0.39, 0.29) is 19.5 Å². The van der Waals surface area contributed by atoms with Gasteiger partial charge in [-0.1, -0.05) is 30.3 Å². The number of carbonyl (C=O) groups excluding carboxylic acids is 1. The average Bonchev–Trinajstić information content (AvgIpc) is 2.88. The molecule has 2 atom stereocenters. The van der Waals surface area contributed by atoms with E-state index in [0.717, 1.165) is 5.56 Å². The molecule has 2 unspecified atom stereocenters. The minimum Gasteiger partial charge on any atom is -0.388 e. The van der Waals surface area contributed by atoms with Gasteiger partial charge in [-0.25, -0.2) is 4.39 Å². The molecule has 1 aliphatic heterocycles. The van der Waals surface area contributed by atoms with Gasteiger partial charge in [0, 0.05) is 19.5 Å². The third-order valence-corrected chi connectivity index (χ3v) is 3.40. The van der Waals surface area contributed by atoms with Crippen molar-refractivity contribution in [3.05, 3.63) is 35.9 Å². The first kappa shape index (κ1) is 14.0. The van der Waals surface area contributed by atoms with E-state index in [4.69, 9.17) is 0 Å². The summed E-state index contributed by atoms with van der Waals surface area (Å²) in [5, 5.41) is 15.3. The van der Waals surface area contributed by atoms with Gasteiger partial charge in [0.25, 0.3) is 5.91 Å². The third kappa shape index (κ3) is 3.52. The number of hydrogen-bond donors (Lipinski definition) is 3. The molecular weight excluding hydrogens is 247 g/mol. The number of amides is 1. The zero-order chi connectivity index (χ0) is 13.7. The van der Waals surface area contributed by atoms with Crippen molar-refractivity contribution in [2.45, 2.75) is 24.6 Å². The molecule has 1 aliphatic rings. The van der Waals surface area contributed by atoms with Crippen molar-refractivity contribution in [3.63, 3.8) is 0 Å². The van der Waals surface area contributed by atoms with E-state index in [2.05, 4.69) is 10.6 Å². The van der Waals surface area contributed by atoms with Crippen LogP contribution in [-0.4, -0.2) is 36.3 Å². The van der Waals surface area contributed by atoms with Gasteiger partial charge in [-0.2, -0.15) is 0 Å². The van der Waals surface area contributed by atoms with Gasteiger partial charge in [-0.3, -0.25) is 4.79 Å². The SMILES string of the molecule is O=C(NCCC(O)c1ccccc1)C1(F)CCNC1. The van der Waals surface area contributed by atoms with Crippen molar-refractivity contribution < 1.29 is 14.3 Å². The van der Waals surface area contributed by atoms with Gasteiger partial charge in [-0.05, 0) is 18.5 Å². The van der Waals surface area contributed by atoms with Crippen molar-refractivity contribution in [3.8, 4) is 0 Å². The molecular formula is C14H19FN2O2. The molecule has 1 heterocycles. The Bertz CT molecular complexity index is 419. The second kappa shape index (κ2) is 6.12. The van der Waals surface area contributed by atoms with Crippen LogP contribution in [0.25, 0.3) is 0 Å². The summed E-state index contributed by atoms with van der Waals surface area (Å²) in [6.07, 6.45) is -0.0574. The molecule has 0 spiro atoms. The Balaban J connectivity index is 1.76. The number of rotatable bonds is 5. The molecule has 0 aliphatic carbocycles. The maximum Gasteiger partial charge on any atom is 0.259 e. The van der Waals surface area contributed by atoms with Gasteiger partial charge in [0.1, 0.15) is 0 Å². The highest BCUT2D eigenvalue weighted by Gasteiger charge is 2.41. The monoisotopic (exact) mass is 266 g/mol. The number of carbonyl (C=O) groups is 1. The highest BCUT2D eigenvalue weighted by atomic mass is 19.1. The first-order valence-electron chi connectivity index (χ1n) is 6.53. The number of benzene rings is 1. The van der Waals surface area contributed by atoms with Gasteiger partial charge in [0.15, 0.2) is 0 Å². The van der Waals surface area contributed by atoms with E-state index in [1.807, 2.05) is 30.3 Å². The summed E-state index contributed by atoms with van der Waals surface area (Å²) in [6, 6.07) is 9.21. The van der Waals surface area contributed by atoms with E-state index in [1.165, 1.54) is 0 Å². The van der Waals surface area contributed by atoms with Crippen LogP contribution in [0, 0.1) is 0 Å². The molecule has 104 valence electrons. The van der Waals surface area contributed by atoms with Gasteiger partial charge in [-0.15, -0.1) is 0 Å². The first-order valence-corrected chi connectivity index (χ1v) is 6.53. The molecule has 0 aromatic heterocycles. The summed E-state index contributed by atoms with van der Waals surface area (Å²) in [7, 11) is 0. The minimum atomic E-state index is -1.79. The third-order valence-electron chi connectivity index (χ3n) is 3.40. The summed E-state index contributed by atoms with van der Waals surface area (Å²) in [4.78, 5) is 11.7. The fraction of sp³-hybridized carbons (Fsp3) is 0.500. The van der Waals surface area contributed by atoms with Crippen LogP contribution in [0.5, 0.6) is 0 Å². The molecule has 1 fully saturated rings. The highest BCUT2D eigenvalue weighted by Crippen LogP contribution is 2.20. The maximum absolute atomic E-state index is 14.0. The summed E-state index contributed by atoms with van der Waals surface area (Å²) in [6.45, 7) is 0.858. The predicted molar refractivity (Wildman–Crippen MR) is 70.4 cm³/mol. The van der Waals surface area contributed by atoms with Crippen LogP contribution in [0.1, 0.15) is 24.5 Å². The van der Waals surface area contributed by atoms with Crippen LogP contribution >= 0.6 is 0 Å². The molecule has 0 radical (unpaired) electrons. The minimum absolute atomic E-state index is 0.0695. The van der Waals surface area contributed by atoms with Crippen molar-refractivity contribution >= 4 is 5.91 Å². The Labute approximate surface area is 112 Å². The Morgan fingerprint density at radius 2 is 2.21 bits per heavy atom. The standard InChI is InChI=1S/C14H19FN2O2/c15-14(7-9-16-10-14)13(19)17-8-6-12(18)11-4-2-1-3-5-11/h1-5,12,16,18H,6-10H2,(H,17,19). The first-order chi connectivity index (χ1) is 9.12. The molecule has 1 aromatic carbocycles. The molecule has 0 bridgehead atoms. The molecule has 0 saturated carbocycles. The lowest BCUT2D eigenvalue weighted by atomic mass is 10.0. The van der Waals surface area contributed by atoms with Crippen LogP contribution in [0.15, 0.2) is 30.3 Å². The zero-order valence-electron chi connectivity index (χ0n) is 10.7. The fourth-order valence-electron chi connectivity index (χ4n) is 2.18. The van der Waals surface area contributed by atoms with Crippen molar-refractivity contribution in [2.75, 3.05) is 19.6 Å². The summed E-state index contributed by atoms with van der Waals surface area (Å²) in [5.41, 5.74) is -0.994. The van der Waals surface area contributed by atoms with Gasteiger partial charge < -0.3 is 15.7 Å². The lowest BCUT2D eigenvalue weighted by Gasteiger charge is -2.18. The summed E-state index contributed by atoms with van der Waals surface area (Å²) < 4.78 is 14.0. The Kier molecular flexibility index (Phi) is 4.50. The molecule has 1 saturated heterocycles. The largest absolute Gasteiger partial charge is 0.388 e. The van der Waals surface area contributed by atoms with Crippen LogP contribution in [0.2, 0.25) is 0 Å². The van der Waals surface area contributed by atoms with E-state index >= 15 is 0 Å². The van der Waals surface area contributed by atoms with Crippen LogP contribution in [-0.2, 0) is 4.79 Å². The number of halogens is 1.